The van der Waals surface area contributed by atoms with Crippen LogP contribution in [0, 0.1) is 0 Å². The van der Waals surface area contributed by atoms with Crippen LogP contribution in [-0.2, 0) is 13.0 Å². The SMILES string of the molecule is CC(C)Oc1ccc2c(ccn2CCc2cccs2)c1. The summed E-state index contributed by atoms with van der Waals surface area (Å²) in [4.78, 5) is 1.44. The van der Waals surface area contributed by atoms with Gasteiger partial charge in [-0.2, -0.15) is 0 Å². The van der Waals surface area contributed by atoms with E-state index >= 15 is 0 Å². The second-order valence-electron chi connectivity index (χ2n) is 5.23. The van der Waals surface area contributed by atoms with Crippen molar-refractivity contribution in [2.45, 2.75) is 32.9 Å². The average Bonchev–Trinajstić information content (AvgIpc) is 3.04. The van der Waals surface area contributed by atoms with Crippen LogP contribution in [0.1, 0.15) is 18.7 Å². The van der Waals surface area contributed by atoms with Crippen LogP contribution in [0.5, 0.6) is 5.75 Å². The van der Waals surface area contributed by atoms with Crippen molar-refractivity contribution in [3.63, 3.8) is 0 Å². The minimum absolute atomic E-state index is 0.216. The molecule has 1 aromatic carbocycles. The van der Waals surface area contributed by atoms with E-state index in [9.17, 15) is 0 Å². The van der Waals surface area contributed by atoms with Crippen LogP contribution in [0.15, 0.2) is 48.0 Å². The summed E-state index contributed by atoms with van der Waals surface area (Å²) in [6.07, 6.45) is 3.47. The molecule has 2 aromatic heterocycles. The molecule has 0 spiro atoms. The van der Waals surface area contributed by atoms with E-state index in [1.165, 1.54) is 15.8 Å². The first-order valence-corrected chi connectivity index (χ1v) is 7.88. The number of rotatable bonds is 5. The lowest BCUT2D eigenvalue weighted by Crippen LogP contribution is -2.05. The van der Waals surface area contributed by atoms with E-state index in [-0.39, 0.29) is 6.10 Å². The molecule has 3 heteroatoms. The Morgan fingerprint density at radius 1 is 1.20 bits per heavy atom. The quantitative estimate of drug-likeness (QED) is 0.661. The second-order valence-corrected chi connectivity index (χ2v) is 6.26. The fraction of sp³-hybridized carbons (Fsp3) is 0.294. The third kappa shape index (κ3) is 2.88. The molecule has 0 aliphatic rings. The van der Waals surface area contributed by atoms with Crippen LogP contribution in [-0.4, -0.2) is 10.7 Å². The third-order valence-corrected chi connectivity index (χ3v) is 4.23. The highest BCUT2D eigenvalue weighted by Gasteiger charge is 2.04. The van der Waals surface area contributed by atoms with Crippen LogP contribution in [0.3, 0.4) is 0 Å². The Bertz CT molecular complexity index is 682. The van der Waals surface area contributed by atoms with Crippen molar-refractivity contribution in [3.8, 4) is 5.75 Å². The van der Waals surface area contributed by atoms with Gasteiger partial charge >= 0.3 is 0 Å². The summed E-state index contributed by atoms with van der Waals surface area (Å²) < 4.78 is 8.06. The molecule has 0 saturated carbocycles. The van der Waals surface area contributed by atoms with Gasteiger partial charge in [-0.1, -0.05) is 6.07 Å². The fourth-order valence-corrected chi connectivity index (χ4v) is 3.10. The molecule has 2 heterocycles. The summed E-state index contributed by atoms with van der Waals surface area (Å²) in [5.74, 6) is 0.948. The van der Waals surface area contributed by atoms with E-state index in [2.05, 4.69) is 66.4 Å². The topological polar surface area (TPSA) is 14.2 Å². The number of ether oxygens (including phenoxy) is 1. The molecule has 0 unspecified atom stereocenters. The Kier molecular flexibility index (Phi) is 3.79. The first-order chi connectivity index (χ1) is 9.72. The van der Waals surface area contributed by atoms with Gasteiger partial charge in [0.2, 0.25) is 0 Å². The maximum atomic E-state index is 5.74. The Labute approximate surface area is 123 Å². The molecule has 0 radical (unpaired) electrons. The number of benzene rings is 1. The van der Waals surface area contributed by atoms with E-state index in [1.807, 2.05) is 11.3 Å². The van der Waals surface area contributed by atoms with Crippen LogP contribution < -0.4 is 4.74 Å². The molecule has 3 rings (SSSR count). The number of fused-ring (bicyclic) bond motifs is 1. The summed E-state index contributed by atoms with van der Waals surface area (Å²) >= 11 is 1.83. The molecule has 0 aliphatic heterocycles. The Morgan fingerprint density at radius 2 is 2.10 bits per heavy atom. The molecule has 3 aromatic rings. The number of aryl methyl sites for hydroxylation is 2. The molecule has 2 nitrogen and oxygen atoms in total. The van der Waals surface area contributed by atoms with Crippen molar-refractivity contribution in [1.29, 1.82) is 0 Å². The molecule has 0 fully saturated rings. The molecule has 0 saturated heterocycles. The normalized spacial score (nSPS) is 11.3. The van der Waals surface area contributed by atoms with Crippen LogP contribution in [0.2, 0.25) is 0 Å². The number of hydrogen-bond donors (Lipinski definition) is 0. The fourth-order valence-electron chi connectivity index (χ4n) is 2.40. The second kappa shape index (κ2) is 5.71. The van der Waals surface area contributed by atoms with E-state index in [0.29, 0.717) is 0 Å². The predicted molar refractivity (Wildman–Crippen MR) is 85.7 cm³/mol. The molecule has 0 atom stereocenters. The molecule has 20 heavy (non-hydrogen) atoms. The molecular formula is C17H19NOS. The van der Waals surface area contributed by atoms with E-state index in [4.69, 9.17) is 4.74 Å². The highest BCUT2D eigenvalue weighted by Crippen LogP contribution is 2.23. The zero-order valence-electron chi connectivity index (χ0n) is 11.9. The maximum absolute atomic E-state index is 5.74. The molecule has 104 valence electrons. The average molecular weight is 285 g/mol. The minimum atomic E-state index is 0.216. The number of hydrogen-bond acceptors (Lipinski definition) is 2. The predicted octanol–water partition coefficient (Wildman–Crippen LogP) is 4.73. The van der Waals surface area contributed by atoms with E-state index < -0.39 is 0 Å². The summed E-state index contributed by atoms with van der Waals surface area (Å²) in [7, 11) is 0. The molecule has 0 amide bonds. The smallest absolute Gasteiger partial charge is 0.120 e. The highest BCUT2D eigenvalue weighted by molar-refractivity contribution is 7.09. The molecular weight excluding hydrogens is 266 g/mol. The van der Waals surface area contributed by atoms with Gasteiger partial charge in [-0.3, -0.25) is 0 Å². The van der Waals surface area contributed by atoms with Crippen LogP contribution in [0.4, 0.5) is 0 Å². The monoisotopic (exact) mass is 285 g/mol. The van der Waals surface area contributed by atoms with Crippen LogP contribution in [0.25, 0.3) is 10.9 Å². The first-order valence-electron chi connectivity index (χ1n) is 7.00. The zero-order valence-corrected chi connectivity index (χ0v) is 12.7. The lowest BCUT2D eigenvalue weighted by Gasteiger charge is -2.10. The molecule has 0 aliphatic carbocycles. The summed E-state index contributed by atoms with van der Waals surface area (Å²) in [5.41, 5.74) is 1.28. The molecule has 0 N–H and O–H groups in total. The minimum Gasteiger partial charge on any atom is -0.491 e. The van der Waals surface area contributed by atoms with E-state index in [0.717, 1.165) is 18.7 Å². The number of nitrogens with zero attached hydrogens (tertiary/aromatic N) is 1. The highest BCUT2D eigenvalue weighted by atomic mass is 32.1. The van der Waals surface area contributed by atoms with Crippen LogP contribution >= 0.6 is 11.3 Å². The Morgan fingerprint density at radius 3 is 2.85 bits per heavy atom. The molecule has 0 bridgehead atoms. The van der Waals surface area contributed by atoms with Gasteiger partial charge in [-0.15, -0.1) is 11.3 Å². The standard InChI is InChI=1S/C17H19NOS/c1-13(2)19-15-5-6-17-14(12-15)7-9-18(17)10-8-16-4-3-11-20-16/h3-7,9,11-13H,8,10H2,1-2H3. The van der Waals surface area contributed by atoms with Gasteiger partial charge in [-0.05, 0) is 56.0 Å². The van der Waals surface area contributed by atoms with E-state index in [1.54, 1.807) is 0 Å². The summed E-state index contributed by atoms with van der Waals surface area (Å²) in [6, 6.07) is 12.8. The van der Waals surface area contributed by atoms with Crippen molar-refractivity contribution in [2.24, 2.45) is 0 Å². The van der Waals surface area contributed by atoms with Crippen molar-refractivity contribution < 1.29 is 4.74 Å². The zero-order chi connectivity index (χ0) is 13.9. The van der Waals surface area contributed by atoms with Gasteiger partial charge in [-0.25, -0.2) is 0 Å². The first kappa shape index (κ1) is 13.3. The van der Waals surface area contributed by atoms with Crippen molar-refractivity contribution >= 4 is 22.2 Å². The van der Waals surface area contributed by atoms with Gasteiger partial charge in [0.25, 0.3) is 0 Å². The Balaban J connectivity index is 1.79. The van der Waals surface area contributed by atoms with Gasteiger partial charge in [0.1, 0.15) is 5.75 Å². The summed E-state index contributed by atoms with van der Waals surface area (Å²) in [5, 5.41) is 3.38. The summed E-state index contributed by atoms with van der Waals surface area (Å²) in [6.45, 7) is 5.13. The number of aromatic nitrogens is 1. The van der Waals surface area contributed by atoms with Gasteiger partial charge in [0.05, 0.1) is 6.10 Å². The maximum Gasteiger partial charge on any atom is 0.120 e. The van der Waals surface area contributed by atoms with Crippen molar-refractivity contribution in [1.82, 2.24) is 4.57 Å². The number of thiophene rings is 1. The van der Waals surface area contributed by atoms with Gasteiger partial charge in [0, 0.05) is 28.5 Å². The third-order valence-electron chi connectivity index (χ3n) is 3.29. The van der Waals surface area contributed by atoms with Crippen molar-refractivity contribution in [2.75, 3.05) is 0 Å². The Hall–Kier alpha value is -1.74. The van der Waals surface area contributed by atoms with Gasteiger partial charge in [0.15, 0.2) is 0 Å². The lowest BCUT2D eigenvalue weighted by molar-refractivity contribution is 0.243. The van der Waals surface area contributed by atoms with Gasteiger partial charge < -0.3 is 9.30 Å². The largest absolute Gasteiger partial charge is 0.491 e. The lowest BCUT2D eigenvalue weighted by atomic mass is 10.2. The van der Waals surface area contributed by atoms with Crippen molar-refractivity contribution in [3.05, 3.63) is 52.9 Å².